The predicted molar refractivity (Wildman–Crippen MR) is 92.9 cm³/mol. The minimum absolute atomic E-state index is 0.0420. The molecule has 0 aliphatic carbocycles. The van der Waals surface area contributed by atoms with Crippen molar-refractivity contribution in [1.82, 2.24) is 4.90 Å². The van der Waals surface area contributed by atoms with Crippen LogP contribution in [-0.2, 0) is 6.42 Å². The van der Waals surface area contributed by atoms with E-state index >= 15 is 0 Å². The fraction of sp³-hybridized carbons (Fsp3) is 0.250. The number of aryl methyl sites for hydroxylation is 1. The van der Waals surface area contributed by atoms with Gasteiger partial charge in [-0.25, -0.2) is 0 Å². The van der Waals surface area contributed by atoms with Gasteiger partial charge in [-0.1, -0.05) is 60.7 Å². The maximum atomic E-state index is 12.7. The summed E-state index contributed by atoms with van der Waals surface area (Å²) in [4.78, 5) is 14.9. The number of hydrogen-bond donors (Lipinski definition) is 1. The van der Waals surface area contributed by atoms with Crippen LogP contribution in [0.25, 0.3) is 0 Å². The van der Waals surface area contributed by atoms with E-state index in [1.807, 2.05) is 36.4 Å². The van der Waals surface area contributed by atoms with Crippen molar-refractivity contribution in [2.75, 3.05) is 13.1 Å². The molecule has 1 aliphatic heterocycles. The molecule has 2 aromatic rings. The summed E-state index contributed by atoms with van der Waals surface area (Å²) in [5.41, 5.74) is 9.57. The Balaban J connectivity index is 1.65. The third-order valence-corrected chi connectivity index (χ3v) is 4.26. The summed E-state index contributed by atoms with van der Waals surface area (Å²) in [5.74, 6) is 0.0420. The number of nitrogens with zero attached hydrogens (tertiary/aromatic N) is 1. The Morgan fingerprint density at radius 3 is 2.35 bits per heavy atom. The van der Waals surface area contributed by atoms with E-state index in [0.29, 0.717) is 11.3 Å². The summed E-state index contributed by atoms with van der Waals surface area (Å²) >= 11 is 0. The molecule has 3 heteroatoms. The van der Waals surface area contributed by atoms with Crippen molar-refractivity contribution in [3.05, 3.63) is 83.2 Å². The van der Waals surface area contributed by atoms with Gasteiger partial charge in [0, 0.05) is 30.8 Å². The molecule has 1 aliphatic rings. The number of nitrogens with two attached hydrogens (primary N) is 1. The number of ketones is 1. The van der Waals surface area contributed by atoms with E-state index < -0.39 is 0 Å². The van der Waals surface area contributed by atoms with Crippen molar-refractivity contribution < 1.29 is 4.79 Å². The lowest BCUT2D eigenvalue weighted by molar-refractivity contribution is 0.0996. The number of rotatable bonds is 6. The predicted octanol–water partition coefficient (Wildman–Crippen LogP) is 3.38. The van der Waals surface area contributed by atoms with Crippen LogP contribution >= 0.6 is 0 Å². The first-order valence-electron chi connectivity index (χ1n) is 8.13. The third kappa shape index (κ3) is 3.62. The van der Waals surface area contributed by atoms with Gasteiger partial charge < -0.3 is 10.6 Å². The van der Waals surface area contributed by atoms with Crippen molar-refractivity contribution in [3.8, 4) is 0 Å². The van der Waals surface area contributed by atoms with Gasteiger partial charge in [0.25, 0.3) is 0 Å². The van der Waals surface area contributed by atoms with Crippen LogP contribution in [0.1, 0.15) is 28.8 Å². The molecule has 0 unspecified atom stereocenters. The van der Waals surface area contributed by atoms with Gasteiger partial charge in [0.05, 0.1) is 0 Å². The van der Waals surface area contributed by atoms with Crippen LogP contribution < -0.4 is 5.73 Å². The van der Waals surface area contributed by atoms with Gasteiger partial charge in [0.2, 0.25) is 5.78 Å². The van der Waals surface area contributed by atoms with Crippen molar-refractivity contribution in [2.24, 2.45) is 5.73 Å². The highest BCUT2D eigenvalue weighted by Crippen LogP contribution is 2.23. The highest BCUT2D eigenvalue weighted by Gasteiger charge is 2.26. The minimum Gasteiger partial charge on any atom is -0.400 e. The van der Waals surface area contributed by atoms with Crippen molar-refractivity contribution in [3.63, 3.8) is 0 Å². The smallest absolute Gasteiger partial charge is 0.210 e. The zero-order chi connectivity index (χ0) is 16.1. The van der Waals surface area contributed by atoms with Crippen LogP contribution in [0.2, 0.25) is 0 Å². The number of allylic oxidation sites excluding steroid dienone is 1. The van der Waals surface area contributed by atoms with Gasteiger partial charge >= 0.3 is 0 Å². The fourth-order valence-corrected chi connectivity index (χ4v) is 3.05. The van der Waals surface area contributed by atoms with Crippen molar-refractivity contribution in [2.45, 2.75) is 19.3 Å². The molecular formula is C20H22N2O. The first kappa shape index (κ1) is 15.3. The highest BCUT2D eigenvalue weighted by atomic mass is 16.1. The van der Waals surface area contributed by atoms with Gasteiger partial charge in [-0.05, 0) is 18.4 Å². The first-order chi connectivity index (χ1) is 11.3. The van der Waals surface area contributed by atoms with Crippen LogP contribution in [0.3, 0.4) is 0 Å². The second-order valence-corrected chi connectivity index (χ2v) is 5.90. The molecular weight excluding hydrogens is 284 g/mol. The Hall–Kier alpha value is -2.55. The lowest BCUT2D eigenvalue weighted by Gasteiger charge is -2.21. The molecule has 23 heavy (non-hydrogen) atoms. The molecule has 2 aromatic carbocycles. The number of benzene rings is 2. The lowest BCUT2D eigenvalue weighted by Crippen LogP contribution is -2.26. The van der Waals surface area contributed by atoms with E-state index in [2.05, 4.69) is 29.2 Å². The normalized spacial score (nSPS) is 14.3. The molecule has 2 N–H and O–H groups in total. The number of carbonyl (C=O) groups excluding carboxylic acids is 1. The van der Waals surface area contributed by atoms with Crippen molar-refractivity contribution in [1.29, 1.82) is 0 Å². The number of Topliss-reactive ketones (excluding diaryl/α,β-unsaturated/α-hetero) is 1. The average molecular weight is 306 g/mol. The Kier molecular flexibility index (Phi) is 4.77. The quantitative estimate of drug-likeness (QED) is 0.832. The van der Waals surface area contributed by atoms with E-state index in [1.165, 1.54) is 5.56 Å². The standard InChI is InChI=1S/C20H22N2O/c21-18-13-15-22(14-7-10-16-8-3-1-4-9-16)19(18)20(23)17-11-5-2-6-12-17/h1-6,8-9,11-12H,7,10,13-15,21H2. The van der Waals surface area contributed by atoms with Crippen molar-refractivity contribution >= 4 is 5.78 Å². The highest BCUT2D eigenvalue weighted by molar-refractivity contribution is 6.08. The minimum atomic E-state index is 0.0420. The first-order valence-corrected chi connectivity index (χ1v) is 8.13. The Labute approximate surface area is 137 Å². The summed E-state index contributed by atoms with van der Waals surface area (Å²) in [5, 5.41) is 0. The van der Waals surface area contributed by atoms with E-state index in [0.717, 1.165) is 38.0 Å². The summed E-state index contributed by atoms with van der Waals surface area (Å²) < 4.78 is 0. The van der Waals surface area contributed by atoms with Crippen LogP contribution in [-0.4, -0.2) is 23.8 Å². The summed E-state index contributed by atoms with van der Waals surface area (Å²) in [6.07, 6.45) is 2.81. The van der Waals surface area contributed by atoms with Gasteiger partial charge in [0.1, 0.15) is 5.70 Å². The van der Waals surface area contributed by atoms with Crippen LogP contribution in [0.5, 0.6) is 0 Å². The van der Waals surface area contributed by atoms with Crippen LogP contribution in [0.15, 0.2) is 72.1 Å². The van der Waals surface area contributed by atoms with Gasteiger partial charge in [-0.3, -0.25) is 4.79 Å². The molecule has 0 atom stereocenters. The van der Waals surface area contributed by atoms with Gasteiger partial charge in [-0.2, -0.15) is 0 Å². The topological polar surface area (TPSA) is 46.3 Å². The summed E-state index contributed by atoms with van der Waals surface area (Å²) in [6, 6.07) is 19.8. The third-order valence-electron chi connectivity index (χ3n) is 4.26. The SMILES string of the molecule is NC1=C(C(=O)c2ccccc2)N(CCCc2ccccc2)CC1. The Bertz CT molecular complexity index is 692. The van der Waals surface area contributed by atoms with E-state index in [1.54, 1.807) is 0 Å². The lowest BCUT2D eigenvalue weighted by atomic mass is 10.1. The Morgan fingerprint density at radius 2 is 1.65 bits per heavy atom. The molecule has 1 heterocycles. The second kappa shape index (κ2) is 7.14. The molecule has 0 bridgehead atoms. The molecule has 0 amide bonds. The molecule has 0 spiro atoms. The monoisotopic (exact) mass is 306 g/mol. The van der Waals surface area contributed by atoms with Gasteiger partial charge in [0.15, 0.2) is 0 Å². The molecule has 3 rings (SSSR count). The zero-order valence-corrected chi connectivity index (χ0v) is 13.2. The number of carbonyl (C=O) groups is 1. The molecule has 0 aromatic heterocycles. The summed E-state index contributed by atoms with van der Waals surface area (Å²) in [7, 11) is 0. The fourth-order valence-electron chi connectivity index (χ4n) is 3.05. The van der Waals surface area contributed by atoms with Crippen LogP contribution in [0, 0.1) is 0 Å². The molecule has 0 saturated carbocycles. The zero-order valence-electron chi connectivity index (χ0n) is 13.2. The summed E-state index contributed by atoms with van der Waals surface area (Å²) in [6.45, 7) is 1.71. The number of hydrogen-bond acceptors (Lipinski definition) is 3. The molecule has 0 saturated heterocycles. The largest absolute Gasteiger partial charge is 0.400 e. The molecule has 3 nitrogen and oxygen atoms in total. The van der Waals surface area contributed by atoms with E-state index in [9.17, 15) is 4.79 Å². The van der Waals surface area contributed by atoms with E-state index in [-0.39, 0.29) is 5.78 Å². The van der Waals surface area contributed by atoms with E-state index in [4.69, 9.17) is 5.73 Å². The maximum Gasteiger partial charge on any atom is 0.210 e. The average Bonchev–Trinajstić information content (AvgIpc) is 2.97. The Morgan fingerprint density at radius 1 is 1.00 bits per heavy atom. The second-order valence-electron chi connectivity index (χ2n) is 5.90. The molecule has 118 valence electrons. The maximum absolute atomic E-state index is 12.7. The molecule has 0 fully saturated rings. The van der Waals surface area contributed by atoms with Gasteiger partial charge in [-0.15, -0.1) is 0 Å². The van der Waals surface area contributed by atoms with Crippen LogP contribution in [0.4, 0.5) is 0 Å². The molecule has 0 radical (unpaired) electrons.